The Morgan fingerprint density at radius 3 is 2.57 bits per heavy atom. The van der Waals surface area contributed by atoms with Gasteiger partial charge in [0.1, 0.15) is 0 Å². The molecule has 1 atom stereocenters. The number of ketones is 1. The number of rotatable bonds is 8. The van der Waals surface area contributed by atoms with E-state index in [0.29, 0.717) is 23.6 Å². The molecule has 0 unspecified atom stereocenters. The van der Waals surface area contributed by atoms with Gasteiger partial charge in [0.05, 0.1) is 32.4 Å². The second-order valence-corrected chi connectivity index (χ2v) is 6.80. The number of amides is 1. The monoisotopic (exact) mass is 382 g/mol. The molecule has 28 heavy (non-hydrogen) atoms. The van der Waals surface area contributed by atoms with Crippen molar-refractivity contribution < 1.29 is 19.1 Å². The first-order valence-corrected chi connectivity index (χ1v) is 9.44. The van der Waals surface area contributed by atoms with Crippen LogP contribution in [0.5, 0.6) is 11.5 Å². The maximum atomic E-state index is 12.9. The van der Waals surface area contributed by atoms with Gasteiger partial charge in [-0.15, -0.1) is 0 Å². The Morgan fingerprint density at radius 1 is 1.07 bits per heavy atom. The van der Waals surface area contributed by atoms with Crippen molar-refractivity contribution in [3.63, 3.8) is 0 Å². The topological polar surface area (TPSA) is 67.9 Å². The number of Topliss-reactive ketones (excluding diaryl/α,β-unsaturated/α-hetero) is 1. The van der Waals surface area contributed by atoms with Crippen molar-refractivity contribution in [3.05, 3.63) is 59.7 Å². The fourth-order valence-corrected chi connectivity index (χ4v) is 3.59. The van der Waals surface area contributed by atoms with Crippen LogP contribution in [-0.2, 0) is 11.3 Å². The molecule has 0 spiro atoms. The number of likely N-dealkylation sites (tertiary alicyclic amines) is 1. The molecule has 1 amide bonds. The van der Waals surface area contributed by atoms with E-state index in [1.165, 1.54) is 7.11 Å². The second-order valence-electron chi connectivity index (χ2n) is 6.80. The predicted molar refractivity (Wildman–Crippen MR) is 107 cm³/mol. The van der Waals surface area contributed by atoms with E-state index < -0.39 is 0 Å². The molecule has 1 aliphatic rings. The summed E-state index contributed by atoms with van der Waals surface area (Å²) in [6.07, 6.45) is 1.65. The fraction of sp³-hybridized carbons (Fsp3) is 0.364. The largest absolute Gasteiger partial charge is 0.493 e. The van der Waals surface area contributed by atoms with Crippen molar-refractivity contribution in [2.24, 2.45) is 0 Å². The Bertz CT molecular complexity index is 823. The summed E-state index contributed by atoms with van der Waals surface area (Å²) >= 11 is 0. The summed E-state index contributed by atoms with van der Waals surface area (Å²) in [4.78, 5) is 27.5. The summed E-state index contributed by atoms with van der Waals surface area (Å²) in [7, 11) is 3.06. The first-order chi connectivity index (χ1) is 13.6. The Hall–Kier alpha value is -2.86. The molecule has 148 valence electrons. The lowest BCUT2D eigenvalue weighted by atomic mass is 10.1. The molecule has 0 aliphatic carbocycles. The Morgan fingerprint density at radius 2 is 1.86 bits per heavy atom. The molecular formula is C22H26N2O4. The molecule has 1 heterocycles. The quantitative estimate of drug-likeness (QED) is 0.711. The zero-order valence-electron chi connectivity index (χ0n) is 16.3. The van der Waals surface area contributed by atoms with E-state index >= 15 is 0 Å². The summed E-state index contributed by atoms with van der Waals surface area (Å²) in [5, 5.41) is 2.99. The first kappa shape index (κ1) is 19.9. The minimum absolute atomic E-state index is 0.0354. The summed E-state index contributed by atoms with van der Waals surface area (Å²) in [6, 6.07) is 14.8. The number of carbonyl (C=O) groups is 2. The standard InChI is InChI=1S/C22H26N2O4/c1-27-20-12-6-10-17(21(20)28-2)19(25)15-24-13-7-11-18(24)22(26)23-14-16-8-4-3-5-9-16/h3-6,8-10,12,18H,7,11,13-15H2,1-2H3,(H,23,26)/t18-/m0/s1. The van der Waals surface area contributed by atoms with Crippen molar-refractivity contribution in [2.75, 3.05) is 27.3 Å². The number of nitrogens with one attached hydrogen (secondary N) is 1. The molecule has 1 saturated heterocycles. The van der Waals surface area contributed by atoms with Gasteiger partial charge in [-0.1, -0.05) is 36.4 Å². The van der Waals surface area contributed by atoms with Gasteiger partial charge in [0.15, 0.2) is 17.3 Å². The summed E-state index contributed by atoms with van der Waals surface area (Å²) in [5.74, 6) is 0.830. The molecule has 1 aliphatic heterocycles. The zero-order chi connectivity index (χ0) is 19.9. The Labute approximate surface area is 165 Å². The molecule has 0 bridgehead atoms. The smallest absolute Gasteiger partial charge is 0.237 e. The van der Waals surface area contributed by atoms with E-state index in [-0.39, 0.29) is 24.3 Å². The number of methoxy groups -OCH3 is 2. The van der Waals surface area contributed by atoms with Gasteiger partial charge in [-0.05, 0) is 37.1 Å². The predicted octanol–water partition coefficient (Wildman–Crippen LogP) is 2.67. The maximum absolute atomic E-state index is 12.9. The molecule has 0 saturated carbocycles. The number of hydrogen-bond acceptors (Lipinski definition) is 5. The highest BCUT2D eigenvalue weighted by molar-refractivity contribution is 6.01. The van der Waals surface area contributed by atoms with E-state index in [4.69, 9.17) is 9.47 Å². The molecule has 0 radical (unpaired) electrons. The van der Waals surface area contributed by atoms with E-state index in [1.807, 2.05) is 35.2 Å². The van der Waals surface area contributed by atoms with Gasteiger partial charge in [0.25, 0.3) is 0 Å². The van der Waals surface area contributed by atoms with Gasteiger partial charge >= 0.3 is 0 Å². The number of para-hydroxylation sites is 1. The molecule has 0 aromatic heterocycles. The summed E-state index contributed by atoms with van der Waals surface area (Å²) in [6.45, 7) is 1.38. The average molecular weight is 382 g/mol. The third kappa shape index (κ3) is 4.51. The highest BCUT2D eigenvalue weighted by atomic mass is 16.5. The van der Waals surface area contributed by atoms with Crippen LogP contribution >= 0.6 is 0 Å². The third-order valence-corrected chi connectivity index (χ3v) is 5.03. The number of hydrogen-bond donors (Lipinski definition) is 1. The minimum atomic E-state index is -0.288. The number of carbonyl (C=O) groups excluding carboxylic acids is 2. The van der Waals surface area contributed by atoms with Crippen LogP contribution in [0.15, 0.2) is 48.5 Å². The SMILES string of the molecule is COc1cccc(C(=O)CN2CCC[C@H]2C(=O)NCc2ccccc2)c1OC. The average Bonchev–Trinajstić information content (AvgIpc) is 3.20. The number of benzene rings is 2. The highest BCUT2D eigenvalue weighted by Gasteiger charge is 2.32. The van der Waals surface area contributed by atoms with E-state index in [2.05, 4.69) is 5.32 Å². The molecule has 1 fully saturated rings. The maximum Gasteiger partial charge on any atom is 0.237 e. The zero-order valence-corrected chi connectivity index (χ0v) is 16.3. The lowest BCUT2D eigenvalue weighted by Gasteiger charge is -2.23. The van der Waals surface area contributed by atoms with Crippen LogP contribution in [0.25, 0.3) is 0 Å². The van der Waals surface area contributed by atoms with Gasteiger partial charge in [-0.25, -0.2) is 0 Å². The summed E-state index contributed by atoms with van der Waals surface area (Å²) in [5.41, 5.74) is 1.52. The van der Waals surface area contributed by atoms with E-state index in [0.717, 1.165) is 24.9 Å². The van der Waals surface area contributed by atoms with Crippen molar-refractivity contribution in [2.45, 2.75) is 25.4 Å². The second kappa shape index (κ2) is 9.37. The fourth-order valence-electron chi connectivity index (χ4n) is 3.59. The Balaban J connectivity index is 1.65. The van der Waals surface area contributed by atoms with Crippen LogP contribution in [0.1, 0.15) is 28.8 Å². The first-order valence-electron chi connectivity index (χ1n) is 9.44. The molecule has 3 rings (SSSR count). The molecule has 6 nitrogen and oxygen atoms in total. The van der Waals surface area contributed by atoms with Crippen LogP contribution in [0, 0.1) is 0 Å². The minimum Gasteiger partial charge on any atom is -0.493 e. The van der Waals surface area contributed by atoms with Crippen molar-refractivity contribution >= 4 is 11.7 Å². The molecule has 1 N–H and O–H groups in total. The molecule has 2 aromatic rings. The van der Waals surface area contributed by atoms with E-state index in [1.54, 1.807) is 25.3 Å². The van der Waals surface area contributed by atoms with Crippen molar-refractivity contribution in [3.8, 4) is 11.5 Å². The number of ether oxygens (including phenoxy) is 2. The van der Waals surface area contributed by atoms with Crippen LogP contribution in [0.2, 0.25) is 0 Å². The molecule has 2 aromatic carbocycles. The van der Waals surface area contributed by atoms with Gasteiger partial charge in [-0.2, -0.15) is 0 Å². The molecule has 6 heteroatoms. The van der Waals surface area contributed by atoms with Crippen LogP contribution in [-0.4, -0.2) is 49.9 Å². The number of nitrogens with zero attached hydrogens (tertiary/aromatic N) is 1. The van der Waals surface area contributed by atoms with Crippen molar-refractivity contribution in [1.82, 2.24) is 10.2 Å². The Kier molecular flexibility index (Phi) is 6.66. The van der Waals surface area contributed by atoms with Crippen LogP contribution in [0.4, 0.5) is 0 Å². The van der Waals surface area contributed by atoms with Gasteiger partial charge in [-0.3, -0.25) is 14.5 Å². The van der Waals surface area contributed by atoms with Crippen LogP contribution in [0.3, 0.4) is 0 Å². The summed E-state index contributed by atoms with van der Waals surface area (Å²) < 4.78 is 10.6. The van der Waals surface area contributed by atoms with Crippen LogP contribution < -0.4 is 14.8 Å². The highest BCUT2D eigenvalue weighted by Crippen LogP contribution is 2.31. The van der Waals surface area contributed by atoms with Gasteiger partial charge in [0.2, 0.25) is 5.91 Å². The normalized spacial score (nSPS) is 16.6. The third-order valence-electron chi connectivity index (χ3n) is 5.03. The van der Waals surface area contributed by atoms with E-state index in [9.17, 15) is 9.59 Å². The lowest BCUT2D eigenvalue weighted by Crippen LogP contribution is -2.44. The van der Waals surface area contributed by atoms with Crippen molar-refractivity contribution in [1.29, 1.82) is 0 Å². The van der Waals surface area contributed by atoms with Gasteiger partial charge in [0, 0.05) is 6.54 Å². The van der Waals surface area contributed by atoms with Gasteiger partial charge < -0.3 is 14.8 Å². The lowest BCUT2D eigenvalue weighted by molar-refractivity contribution is -0.125. The molecular weight excluding hydrogens is 356 g/mol.